The van der Waals surface area contributed by atoms with E-state index in [0.29, 0.717) is 5.92 Å². The second kappa shape index (κ2) is 6.30. The highest BCUT2D eigenvalue weighted by Gasteiger charge is 2.29. The molecule has 1 fully saturated rings. The molecule has 0 aliphatic heterocycles. The van der Waals surface area contributed by atoms with Gasteiger partial charge in [-0.15, -0.1) is 0 Å². The normalized spacial score (nSPS) is 23.1. The van der Waals surface area contributed by atoms with E-state index in [1.165, 1.54) is 36.8 Å². The van der Waals surface area contributed by atoms with Crippen molar-refractivity contribution in [3.8, 4) is 0 Å². The van der Waals surface area contributed by atoms with Gasteiger partial charge in [0.15, 0.2) is 0 Å². The molecule has 2 N–H and O–H groups in total. The molecule has 3 rings (SSSR count). The predicted octanol–water partition coefficient (Wildman–Crippen LogP) is 4.43. The lowest BCUT2D eigenvalue weighted by Gasteiger charge is -2.19. The minimum atomic E-state index is 0.620. The van der Waals surface area contributed by atoms with Gasteiger partial charge in [0.05, 0.1) is 0 Å². The molecule has 2 nitrogen and oxygen atoms in total. The lowest BCUT2D eigenvalue weighted by Crippen LogP contribution is -2.08. The van der Waals surface area contributed by atoms with Crippen LogP contribution < -0.4 is 5.73 Å². The molecule has 0 spiro atoms. The van der Waals surface area contributed by atoms with Crippen LogP contribution in [0.4, 0.5) is 5.69 Å². The summed E-state index contributed by atoms with van der Waals surface area (Å²) in [5.41, 5.74) is 9.42. The minimum Gasteiger partial charge on any atom is -0.399 e. The maximum absolute atomic E-state index is 5.76. The highest BCUT2D eigenvalue weighted by Crippen LogP contribution is 2.41. The van der Waals surface area contributed by atoms with Crippen LogP contribution in [-0.4, -0.2) is 4.98 Å². The van der Waals surface area contributed by atoms with Crippen LogP contribution in [0.2, 0.25) is 0 Å². The lowest BCUT2D eigenvalue weighted by atomic mass is 9.86. The smallest absolute Gasteiger partial charge is 0.0314 e. The Labute approximate surface area is 127 Å². The van der Waals surface area contributed by atoms with Gasteiger partial charge in [0.1, 0.15) is 0 Å². The zero-order valence-electron chi connectivity index (χ0n) is 12.7. The fraction of sp³-hybridized carbons (Fsp3) is 0.421. The average molecular weight is 280 g/mol. The Kier molecular flexibility index (Phi) is 4.23. The summed E-state index contributed by atoms with van der Waals surface area (Å²) in [6.07, 6.45) is 9.10. The largest absolute Gasteiger partial charge is 0.399 e. The summed E-state index contributed by atoms with van der Waals surface area (Å²) in [7, 11) is 0. The Bertz CT molecular complexity index is 562. The Hall–Kier alpha value is -1.83. The van der Waals surface area contributed by atoms with E-state index in [4.69, 9.17) is 5.73 Å². The van der Waals surface area contributed by atoms with Crippen LogP contribution in [0.5, 0.6) is 0 Å². The summed E-state index contributed by atoms with van der Waals surface area (Å²) in [6.45, 7) is 2.35. The topological polar surface area (TPSA) is 38.9 Å². The van der Waals surface area contributed by atoms with Crippen LogP contribution in [0.25, 0.3) is 0 Å². The van der Waals surface area contributed by atoms with Gasteiger partial charge in [0.2, 0.25) is 0 Å². The van der Waals surface area contributed by atoms with E-state index in [2.05, 4.69) is 30.1 Å². The molecule has 110 valence electrons. The lowest BCUT2D eigenvalue weighted by molar-refractivity contribution is 0.431. The van der Waals surface area contributed by atoms with Gasteiger partial charge in [-0.05, 0) is 72.8 Å². The molecule has 21 heavy (non-hydrogen) atoms. The number of benzene rings is 1. The van der Waals surface area contributed by atoms with E-state index < -0.39 is 0 Å². The van der Waals surface area contributed by atoms with Crippen LogP contribution >= 0.6 is 0 Å². The van der Waals surface area contributed by atoms with Gasteiger partial charge in [-0.1, -0.05) is 25.1 Å². The molecule has 1 aliphatic rings. The van der Waals surface area contributed by atoms with Crippen LogP contribution in [-0.2, 0) is 6.42 Å². The molecular weight excluding hydrogens is 256 g/mol. The third kappa shape index (κ3) is 3.44. The van der Waals surface area contributed by atoms with Crippen molar-refractivity contribution in [1.29, 1.82) is 0 Å². The number of nitrogen functional groups attached to an aromatic ring is 1. The van der Waals surface area contributed by atoms with Crippen molar-refractivity contribution in [3.05, 3.63) is 59.9 Å². The standard InChI is InChI=1S/C19H24N2/c1-14(18-3-2-10-21-13-18)17-7-4-16(12-17)11-15-5-8-19(20)9-6-15/h2-3,5-6,8-10,13-14,16-17H,4,7,11-12,20H2,1H3/t14-,16?,17-/m0/s1. The highest BCUT2D eigenvalue weighted by molar-refractivity contribution is 5.39. The number of nitrogens with two attached hydrogens (primary N) is 1. The number of pyridine rings is 1. The molecule has 1 saturated carbocycles. The fourth-order valence-corrected chi connectivity index (χ4v) is 3.66. The maximum atomic E-state index is 5.76. The van der Waals surface area contributed by atoms with Crippen molar-refractivity contribution in [2.45, 2.75) is 38.5 Å². The second-order valence-corrected chi connectivity index (χ2v) is 6.46. The van der Waals surface area contributed by atoms with Gasteiger partial charge >= 0.3 is 0 Å². The summed E-state index contributed by atoms with van der Waals surface area (Å²) in [4.78, 5) is 4.26. The van der Waals surface area contributed by atoms with Crippen LogP contribution in [0.15, 0.2) is 48.8 Å². The molecular formula is C19H24N2. The molecule has 2 heteroatoms. The number of nitrogens with zero attached hydrogens (tertiary/aromatic N) is 1. The van der Waals surface area contributed by atoms with Gasteiger partial charge < -0.3 is 5.73 Å². The summed E-state index contributed by atoms with van der Waals surface area (Å²) in [5.74, 6) is 2.24. The Balaban J connectivity index is 1.59. The zero-order valence-corrected chi connectivity index (χ0v) is 12.7. The van der Waals surface area contributed by atoms with E-state index in [1.54, 1.807) is 0 Å². The second-order valence-electron chi connectivity index (χ2n) is 6.46. The van der Waals surface area contributed by atoms with E-state index in [-0.39, 0.29) is 0 Å². The molecule has 0 bridgehead atoms. The highest BCUT2D eigenvalue weighted by atomic mass is 14.6. The molecule has 1 aromatic carbocycles. The first-order chi connectivity index (χ1) is 10.2. The van der Waals surface area contributed by atoms with Gasteiger partial charge in [-0.2, -0.15) is 0 Å². The molecule has 1 heterocycles. The summed E-state index contributed by atoms with van der Waals surface area (Å²) in [5, 5.41) is 0. The maximum Gasteiger partial charge on any atom is 0.0314 e. The Morgan fingerprint density at radius 2 is 2.00 bits per heavy atom. The molecule has 1 unspecified atom stereocenters. The number of hydrogen-bond donors (Lipinski definition) is 1. The number of hydrogen-bond acceptors (Lipinski definition) is 2. The van der Waals surface area contributed by atoms with Crippen molar-refractivity contribution in [2.75, 3.05) is 5.73 Å². The number of anilines is 1. The third-order valence-electron chi connectivity index (χ3n) is 5.00. The fourth-order valence-electron chi connectivity index (χ4n) is 3.66. The van der Waals surface area contributed by atoms with Crippen molar-refractivity contribution in [2.24, 2.45) is 11.8 Å². The average Bonchev–Trinajstić information content (AvgIpc) is 2.98. The molecule has 0 radical (unpaired) electrons. The van der Waals surface area contributed by atoms with Crippen molar-refractivity contribution < 1.29 is 0 Å². The van der Waals surface area contributed by atoms with Crippen molar-refractivity contribution in [1.82, 2.24) is 4.98 Å². The van der Waals surface area contributed by atoms with Gasteiger partial charge in [0.25, 0.3) is 0 Å². The monoisotopic (exact) mass is 280 g/mol. The first-order valence-electron chi connectivity index (χ1n) is 7.96. The SMILES string of the molecule is C[C@H](c1cccnc1)[C@H]1CCC(Cc2ccc(N)cc2)C1. The number of aromatic nitrogens is 1. The van der Waals surface area contributed by atoms with E-state index in [1.807, 2.05) is 30.6 Å². The Morgan fingerprint density at radius 1 is 1.19 bits per heavy atom. The molecule has 0 saturated heterocycles. The molecule has 1 aromatic heterocycles. The third-order valence-corrected chi connectivity index (χ3v) is 5.00. The minimum absolute atomic E-state index is 0.620. The van der Waals surface area contributed by atoms with Gasteiger partial charge in [0, 0.05) is 18.1 Å². The van der Waals surface area contributed by atoms with Crippen molar-refractivity contribution >= 4 is 5.69 Å². The van der Waals surface area contributed by atoms with Gasteiger partial charge in [-0.3, -0.25) is 4.98 Å². The van der Waals surface area contributed by atoms with E-state index >= 15 is 0 Å². The van der Waals surface area contributed by atoms with Gasteiger partial charge in [-0.25, -0.2) is 0 Å². The van der Waals surface area contributed by atoms with E-state index in [9.17, 15) is 0 Å². The quantitative estimate of drug-likeness (QED) is 0.842. The predicted molar refractivity (Wildman–Crippen MR) is 88.0 cm³/mol. The van der Waals surface area contributed by atoms with Crippen molar-refractivity contribution in [3.63, 3.8) is 0 Å². The van der Waals surface area contributed by atoms with Crippen LogP contribution in [0, 0.1) is 11.8 Å². The number of rotatable bonds is 4. The summed E-state index contributed by atoms with van der Waals surface area (Å²) >= 11 is 0. The Morgan fingerprint density at radius 3 is 2.71 bits per heavy atom. The first kappa shape index (κ1) is 14.1. The first-order valence-corrected chi connectivity index (χ1v) is 7.96. The van der Waals surface area contributed by atoms with Crippen LogP contribution in [0.1, 0.15) is 43.2 Å². The van der Waals surface area contributed by atoms with Crippen LogP contribution in [0.3, 0.4) is 0 Å². The summed E-state index contributed by atoms with van der Waals surface area (Å²) in [6, 6.07) is 12.6. The molecule has 1 aliphatic carbocycles. The summed E-state index contributed by atoms with van der Waals surface area (Å²) < 4.78 is 0. The molecule has 2 aromatic rings. The molecule has 3 atom stereocenters. The zero-order chi connectivity index (χ0) is 14.7. The van der Waals surface area contributed by atoms with E-state index in [0.717, 1.165) is 17.5 Å². The molecule has 0 amide bonds.